The molecule has 2 fully saturated rings. The van der Waals surface area contributed by atoms with Crippen molar-refractivity contribution in [2.45, 2.75) is 31.8 Å². The standard InChI is InChI=1S/C19H23N7O3/c1-10(27)18(21)12-3-4-23-8-13(12)24-9-17(28)26-14-5-11(14)6-15(26)19(29)25-16(7-20)22-2/h3-4,7-8,11,14-15,20-21,24H,5-6,9H2,1-2H3,(H,22,25,29). The molecule has 4 N–H and O–H groups in total. The first-order valence-electron chi connectivity index (χ1n) is 9.24. The maximum atomic E-state index is 12.9. The number of nitrogens with zero attached hydrogens (tertiary/aromatic N) is 3. The lowest BCUT2D eigenvalue weighted by atomic mass is 10.1. The molecule has 1 saturated carbocycles. The first-order valence-corrected chi connectivity index (χ1v) is 9.24. The molecule has 152 valence electrons. The minimum absolute atomic E-state index is 0.0472. The van der Waals surface area contributed by atoms with Gasteiger partial charge in [-0.05, 0) is 24.8 Å². The Hall–Kier alpha value is -3.43. The summed E-state index contributed by atoms with van der Waals surface area (Å²) in [5, 5.41) is 20.7. The quantitative estimate of drug-likeness (QED) is 0.383. The Morgan fingerprint density at radius 2 is 2.14 bits per heavy atom. The largest absolute Gasteiger partial charge is 0.374 e. The van der Waals surface area contributed by atoms with Gasteiger partial charge in [0.15, 0.2) is 5.78 Å². The van der Waals surface area contributed by atoms with Gasteiger partial charge in [-0.3, -0.25) is 29.8 Å². The highest BCUT2D eigenvalue weighted by Gasteiger charge is 2.55. The number of pyridine rings is 1. The zero-order valence-electron chi connectivity index (χ0n) is 16.2. The van der Waals surface area contributed by atoms with Crippen LogP contribution in [0.15, 0.2) is 23.5 Å². The number of piperidine rings is 1. The van der Waals surface area contributed by atoms with Crippen molar-refractivity contribution in [1.82, 2.24) is 15.2 Å². The minimum Gasteiger partial charge on any atom is -0.374 e. The summed E-state index contributed by atoms with van der Waals surface area (Å²) in [6.45, 7) is 1.22. The molecule has 2 aliphatic rings. The number of amides is 2. The highest BCUT2D eigenvalue weighted by Crippen LogP contribution is 2.47. The predicted octanol–water partition coefficient (Wildman–Crippen LogP) is 0.234. The number of likely N-dealkylation sites (tertiary alicyclic amines) is 1. The van der Waals surface area contributed by atoms with Crippen LogP contribution in [0.5, 0.6) is 0 Å². The SMILES string of the molecule is CN=C(C=N)NC(=O)C1CC2CC2N1C(=O)CNc1cnccc1C(=N)C(C)=O. The van der Waals surface area contributed by atoms with Crippen LogP contribution in [0.4, 0.5) is 5.69 Å². The third-order valence-corrected chi connectivity index (χ3v) is 5.20. The fourth-order valence-corrected chi connectivity index (χ4v) is 3.62. The number of ketones is 1. The highest BCUT2D eigenvalue weighted by molar-refractivity contribution is 6.45. The average Bonchev–Trinajstić information content (AvgIpc) is 3.38. The molecule has 1 aliphatic carbocycles. The number of Topliss-reactive ketones (excluding diaryl/α,β-unsaturated/α-hetero) is 1. The van der Waals surface area contributed by atoms with Gasteiger partial charge in [-0.1, -0.05) is 0 Å². The average molecular weight is 397 g/mol. The summed E-state index contributed by atoms with van der Waals surface area (Å²) in [7, 11) is 1.48. The number of hydrogen-bond donors (Lipinski definition) is 4. The van der Waals surface area contributed by atoms with E-state index in [9.17, 15) is 14.4 Å². The van der Waals surface area contributed by atoms with Gasteiger partial charge in [0.25, 0.3) is 0 Å². The Kier molecular flexibility index (Phi) is 5.81. The number of nitrogens with one attached hydrogen (secondary N) is 4. The van der Waals surface area contributed by atoms with E-state index in [1.54, 1.807) is 11.0 Å². The molecule has 0 bridgehead atoms. The molecule has 0 spiro atoms. The molecular weight excluding hydrogens is 374 g/mol. The van der Waals surface area contributed by atoms with Gasteiger partial charge in [0.2, 0.25) is 11.8 Å². The molecule has 0 radical (unpaired) electrons. The molecule has 2 heterocycles. The topological polar surface area (TPSA) is 151 Å². The molecule has 0 aromatic carbocycles. The van der Waals surface area contributed by atoms with Crippen LogP contribution in [-0.4, -0.2) is 70.9 Å². The number of aromatic nitrogens is 1. The first-order chi connectivity index (χ1) is 13.9. The van der Waals surface area contributed by atoms with Crippen molar-refractivity contribution in [2.24, 2.45) is 10.9 Å². The van der Waals surface area contributed by atoms with E-state index < -0.39 is 6.04 Å². The van der Waals surface area contributed by atoms with Crippen molar-refractivity contribution in [3.05, 3.63) is 24.0 Å². The molecule has 1 aromatic heterocycles. The lowest BCUT2D eigenvalue weighted by molar-refractivity contribution is -0.137. The predicted molar refractivity (Wildman–Crippen MR) is 108 cm³/mol. The number of rotatable bonds is 7. The van der Waals surface area contributed by atoms with E-state index in [2.05, 4.69) is 20.6 Å². The van der Waals surface area contributed by atoms with E-state index in [0.29, 0.717) is 23.6 Å². The lowest BCUT2D eigenvalue weighted by Gasteiger charge is -2.27. The Morgan fingerprint density at radius 1 is 1.38 bits per heavy atom. The number of anilines is 1. The van der Waals surface area contributed by atoms with Crippen molar-refractivity contribution >= 4 is 41.0 Å². The Balaban J connectivity index is 1.69. The molecule has 1 saturated heterocycles. The minimum atomic E-state index is -0.603. The fourth-order valence-electron chi connectivity index (χ4n) is 3.62. The Bertz CT molecular complexity index is 911. The maximum absolute atomic E-state index is 12.9. The molecule has 29 heavy (non-hydrogen) atoms. The van der Waals surface area contributed by atoms with E-state index in [0.717, 1.165) is 12.6 Å². The van der Waals surface area contributed by atoms with E-state index in [4.69, 9.17) is 10.8 Å². The molecule has 10 nitrogen and oxygen atoms in total. The van der Waals surface area contributed by atoms with Crippen LogP contribution in [0.3, 0.4) is 0 Å². The van der Waals surface area contributed by atoms with Crippen molar-refractivity contribution in [2.75, 3.05) is 18.9 Å². The summed E-state index contributed by atoms with van der Waals surface area (Å²) < 4.78 is 0. The summed E-state index contributed by atoms with van der Waals surface area (Å²) in [6, 6.07) is 0.988. The summed E-state index contributed by atoms with van der Waals surface area (Å²) in [4.78, 5) is 46.4. The maximum Gasteiger partial charge on any atom is 0.248 e. The number of fused-ring (bicyclic) bond motifs is 1. The van der Waals surface area contributed by atoms with Gasteiger partial charge in [-0.25, -0.2) is 0 Å². The van der Waals surface area contributed by atoms with Gasteiger partial charge in [-0.15, -0.1) is 0 Å². The molecule has 3 unspecified atom stereocenters. The summed E-state index contributed by atoms with van der Waals surface area (Å²) in [6.07, 6.45) is 5.36. The van der Waals surface area contributed by atoms with Gasteiger partial charge in [0, 0.05) is 31.8 Å². The Morgan fingerprint density at radius 3 is 2.79 bits per heavy atom. The first kappa shape index (κ1) is 20.3. The van der Waals surface area contributed by atoms with Crippen LogP contribution < -0.4 is 10.6 Å². The molecular formula is C19H23N7O3. The van der Waals surface area contributed by atoms with E-state index in [1.165, 1.54) is 26.4 Å². The van der Waals surface area contributed by atoms with Crippen LogP contribution in [-0.2, 0) is 14.4 Å². The zero-order valence-corrected chi connectivity index (χ0v) is 16.2. The third kappa shape index (κ3) is 4.20. The van der Waals surface area contributed by atoms with Gasteiger partial charge in [0.05, 0.1) is 24.6 Å². The molecule has 3 rings (SSSR count). The van der Waals surface area contributed by atoms with E-state index >= 15 is 0 Å². The van der Waals surface area contributed by atoms with Crippen LogP contribution in [0.1, 0.15) is 25.3 Å². The van der Waals surface area contributed by atoms with Crippen molar-refractivity contribution < 1.29 is 14.4 Å². The van der Waals surface area contributed by atoms with Gasteiger partial charge in [0.1, 0.15) is 17.6 Å². The fraction of sp³-hybridized carbons (Fsp3) is 0.421. The van der Waals surface area contributed by atoms with Crippen LogP contribution in [0.2, 0.25) is 0 Å². The zero-order chi connectivity index (χ0) is 21.1. The number of carbonyl (C=O) groups excluding carboxylic acids is 3. The summed E-state index contributed by atoms with van der Waals surface area (Å²) in [5.74, 6) is -0.526. The number of carbonyl (C=O) groups is 3. The van der Waals surface area contributed by atoms with Crippen molar-refractivity contribution in [3.63, 3.8) is 0 Å². The van der Waals surface area contributed by atoms with Gasteiger partial charge >= 0.3 is 0 Å². The summed E-state index contributed by atoms with van der Waals surface area (Å²) >= 11 is 0. The van der Waals surface area contributed by atoms with Crippen molar-refractivity contribution in [1.29, 1.82) is 10.8 Å². The summed E-state index contributed by atoms with van der Waals surface area (Å²) in [5.41, 5.74) is 0.619. The second-order valence-corrected chi connectivity index (χ2v) is 7.06. The second-order valence-electron chi connectivity index (χ2n) is 7.06. The highest BCUT2D eigenvalue weighted by atomic mass is 16.2. The van der Waals surface area contributed by atoms with E-state index in [1.807, 2.05) is 0 Å². The number of aliphatic imine (C=N–C) groups is 1. The lowest BCUT2D eigenvalue weighted by Crippen LogP contribution is -2.51. The van der Waals surface area contributed by atoms with Crippen LogP contribution in [0, 0.1) is 16.7 Å². The second kappa shape index (κ2) is 8.29. The number of amidine groups is 1. The Labute approximate surface area is 167 Å². The normalized spacial score (nSPS) is 22.5. The smallest absolute Gasteiger partial charge is 0.248 e. The van der Waals surface area contributed by atoms with Crippen LogP contribution >= 0.6 is 0 Å². The van der Waals surface area contributed by atoms with Gasteiger partial charge in [-0.2, -0.15) is 0 Å². The molecule has 2 amide bonds. The molecule has 3 atom stereocenters. The van der Waals surface area contributed by atoms with Crippen LogP contribution in [0.25, 0.3) is 0 Å². The monoisotopic (exact) mass is 397 g/mol. The van der Waals surface area contributed by atoms with Gasteiger partial charge < -0.3 is 20.9 Å². The molecule has 1 aliphatic heterocycles. The molecule has 10 heteroatoms. The third-order valence-electron chi connectivity index (χ3n) is 5.20. The number of hydrogen-bond acceptors (Lipinski definition) is 8. The van der Waals surface area contributed by atoms with Crippen molar-refractivity contribution in [3.8, 4) is 0 Å². The molecule has 1 aromatic rings. The van der Waals surface area contributed by atoms with E-state index in [-0.39, 0.29) is 41.7 Å².